The van der Waals surface area contributed by atoms with Gasteiger partial charge in [-0.05, 0) is 24.3 Å². The Balaban J connectivity index is 2.11. The Bertz CT molecular complexity index is 779. The van der Waals surface area contributed by atoms with Crippen molar-refractivity contribution in [3.63, 3.8) is 0 Å². The molecule has 0 spiro atoms. The van der Waals surface area contributed by atoms with Crippen LogP contribution in [0.2, 0.25) is 0 Å². The van der Waals surface area contributed by atoms with E-state index in [2.05, 4.69) is 9.97 Å². The molecule has 7 nitrogen and oxygen atoms in total. The maximum atomic E-state index is 12.3. The summed E-state index contributed by atoms with van der Waals surface area (Å²) in [6, 6.07) is 6.21. The van der Waals surface area contributed by atoms with E-state index in [9.17, 15) is 21.6 Å². The normalized spacial score (nSPS) is 11.8. The lowest BCUT2D eigenvalue weighted by molar-refractivity contribution is -0.0429. The van der Waals surface area contributed by atoms with Crippen LogP contribution in [0.15, 0.2) is 36.7 Å². The van der Waals surface area contributed by atoms with Crippen molar-refractivity contribution in [3.05, 3.63) is 36.7 Å². The molecule has 2 rings (SSSR count). The van der Waals surface area contributed by atoms with Crippen LogP contribution < -0.4 is 14.2 Å². The largest absolute Gasteiger partial charge is 0.516 e. The van der Waals surface area contributed by atoms with Gasteiger partial charge in [-0.15, -0.1) is 0 Å². The number of nitrogens with one attached hydrogen (secondary N) is 1. The van der Waals surface area contributed by atoms with Gasteiger partial charge in [-0.2, -0.15) is 21.6 Å². The van der Waals surface area contributed by atoms with E-state index < -0.39 is 15.5 Å². The molecule has 1 N–H and O–H groups in total. The SMILES string of the molecule is COc1cc(Oc2ccc(NS(=O)(=O)C(F)(F)F)cc2)ncn1. The van der Waals surface area contributed by atoms with E-state index in [-0.39, 0.29) is 23.2 Å². The van der Waals surface area contributed by atoms with Gasteiger partial charge in [0.05, 0.1) is 13.2 Å². The summed E-state index contributed by atoms with van der Waals surface area (Å²) in [6.07, 6.45) is 1.21. The van der Waals surface area contributed by atoms with Gasteiger partial charge in [0.2, 0.25) is 11.8 Å². The van der Waals surface area contributed by atoms with Gasteiger partial charge >= 0.3 is 15.5 Å². The van der Waals surface area contributed by atoms with Gasteiger partial charge in [-0.3, -0.25) is 4.72 Å². The molecular weight excluding hydrogens is 339 g/mol. The molecule has 0 aliphatic rings. The lowest BCUT2D eigenvalue weighted by Gasteiger charge is -2.11. The molecule has 0 aliphatic carbocycles. The monoisotopic (exact) mass is 349 g/mol. The standard InChI is InChI=1S/C12H10F3N3O4S/c1-21-10-6-11(17-7-16-10)22-9-4-2-8(3-5-9)18-23(19,20)12(13,14)15/h2-7,18H,1H3. The van der Waals surface area contributed by atoms with Crippen molar-refractivity contribution >= 4 is 15.7 Å². The number of halogens is 3. The van der Waals surface area contributed by atoms with Crippen molar-refractivity contribution in [3.8, 4) is 17.5 Å². The molecule has 2 aromatic rings. The number of alkyl halides is 3. The fourth-order valence-electron chi connectivity index (χ4n) is 1.42. The minimum absolute atomic E-state index is 0.153. The van der Waals surface area contributed by atoms with E-state index >= 15 is 0 Å². The minimum atomic E-state index is -5.46. The van der Waals surface area contributed by atoms with E-state index in [0.717, 1.165) is 12.1 Å². The first-order chi connectivity index (χ1) is 10.7. The zero-order chi connectivity index (χ0) is 17.1. The Morgan fingerprint density at radius 3 is 2.26 bits per heavy atom. The van der Waals surface area contributed by atoms with Crippen molar-refractivity contribution in [1.29, 1.82) is 0 Å². The maximum Gasteiger partial charge on any atom is 0.516 e. The van der Waals surface area contributed by atoms with Gasteiger partial charge in [0.1, 0.15) is 12.1 Å². The number of benzene rings is 1. The summed E-state index contributed by atoms with van der Waals surface area (Å²) in [5.74, 6) is 0.658. The predicted molar refractivity (Wildman–Crippen MR) is 73.7 cm³/mol. The molecule has 0 saturated carbocycles. The Morgan fingerprint density at radius 1 is 1.09 bits per heavy atom. The molecule has 0 bridgehead atoms. The molecule has 0 radical (unpaired) electrons. The van der Waals surface area contributed by atoms with Gasteiger partial charge in [-0.25, -0.2) is 9.97 Å². The number of methoxy groups -OCH3 is 1. The second-order valence-electron chi connectivity index (χ2n) is 4.08. The van der Waals surface area contributed by atoms with Gasteiger partial charge in [-0.1, -0.05) is 0 Å². The van der Waals surface area contributed by atoms with Crippen LogP contribution in [0.1, 0.15) is 0 Å². The van der Waals surface area contributed by atoms with Crippen LogP contribution >= 0.6 is 0 Å². The molecule has 1 heterocycles. The lowest BCUT2D eigenvalue weighted by Crippen LogP contribution is -2.29. The number of sulfonamides is 1. The number of ether oxygens (including phenoxy) is 2. The zero-order valence-corrected chi connectivity index (χ0v) is 12.4. The van der Waals surface area contributed by atoms with Gasteiger partial charge < -0.3 is 9.47 Å². The van der Waals surface area contributed by atoms with Gasteiger partial charge in [0.25, 0.3) is 0 Å². The molecule has 0 unspecified atom stereocenters. The van der Waals surface area contributed by atoms with Crippen LogP contribution in [0.25, 0.3) is 0 Å². The first kappa shape index (κ1) is 16.8. The van der Waals surface area contributed by atoms with E-state index in [1.54, 1.807) is 0 Å². The molecule has 1 aromatic heterocycles. The fraction of sp³-hybridized carbons (Fsp3) is 0.167. The third-order valence-corrected chi connectivity index (χ3v) is 3.57. The number of hydrogen-bond acceptors (Lipinski definition) is 6. The Hall–Kier alpha value is -2.56. The van der Waals surface area contributed by atoms with Crippen molar-refractivity contribution in [2.24, 2.45) is 0 Å². The highest BCUT2D eigenvalue weighted by Crippen LogP contribution is 2.27. The summed E-state index contributed by atoms with van der Waals surface area (Å²) in [5, 5.41) is 0. The van der Waals surface area contributed by atoms with Crippen LogP contribution in [0, 0.1) is 0 Å². The summed E-state index contributed by atoms with van der Waals surface area (Å²) in [7, 11) is -4.05. The number of hydrogen-bond donors (Lipinski definition) is 1. The Kier molecular flexibility index (Phi) is 4.59. The van der Waals surface area contributed by atoms with Crippen LogP contribution in [0.3, 0.4) is 0 Å². The fourth-order valence-corrected chi connectivity index (χ4v) is 1.98. The summed E-state index contributed by atoms with van der Waals surface area (Å²) >= 11 is 0. The quantitative estimate of drug-likeness (QED) is 0.892. The maximum absolute atomic E-state index is 12.3. The average molecular weight is 349 g/mol. The highest BCUT2D eigenvalue weighted by Gasteiger charge is 2.45. The Labute approximate surface area is 129 Å². The van der Waals surface area contributed by atoms with E-state index in [4.69, 9.17) is 9.47 Å². The van der Waals surface area contributed by atoms with Crippen LogP contribution in [-0.4, -0.2) is 31.0 Å². The number of aromatic nitrogens is 2. The molecule has 124 valence electrons. The van der Waals surface area contributed by atoms with Crippen LogP contribution in [-0.2, 0) is 10.0 Å². The molecule has 0 fully saturated rings. The molecule has 0 aliphatic heterocycles. The first-order valence-electron chi connectivity index (χ1n) is 5.94. The zero-order valence-electron chi connectivity index (χ0n) is 11.5. The molecule has 11 heteroatoms. The third-order valence-electron chi connectivity index (χ3n) is 2.46. The summed E-state index contributed by atoms with van der Waals surface area (Å²) in [5.41, 5.74) is -5.64. The number of nitrogens with zero attached hydrogens (tertiary/aromatic N) is 2. The molecule has 23 heavy (non-hydrogen) atoms. The van der Waals surface area contributed by atoms with E-state index in [0.29, 0.717) is 0 Å². The van der Waals surface area contributed by atoms with E-state index in [1.807, 2.05) is 0 Å². The Morgan fingerprint density at radius 2 is 1.70 bits per heavy atom. The topological polar surface area (TPSA) is 90.4 Å². The summed E-state index contributed by atoms with van der Waals surface area (Å²) in [6.45, 7) is 0. The summed E-state index contributed by atoms with van der Waals surface area (Å²) < 4.78 is 70.3. The van der Waals surface area contributed by atoms with Crippen molar-refractivity contribution < 1.29 is 31.1 Å². The molecular formula is C12H10F3N3O4S. The van der Waals surface area contributed by atoms with E-state index in [1.165, 1.54) is 36.4 Å². The second-order valence-corrected chi connectivity index (χ2v) is 5.75. The number of anilines is 1. The molecule has 0 saturated heterocycles. The molecule has 0 amide bonds. The molecule has 0 atom stereocenters. The number of rotatable bonds is 5. The van der Waals surface area contributed by atoms with Crippen molar-refractivity contribution in [2.75, 3.05) is 11.8 Å². The highest BCUT2D eigenvalue weighted by atomic mass is 32.2. The average Bonchev–Trinajstić information content (AvgIpc) is 2.48. The van der Waals surface area contributed by atoms with Crippen LogP contribution in [0.5, 0.6) is 17.5 Å². The smallest absolute Gasteiger partial charge is 0.481 e. The summed E-state index contributed by atoms with van der Waals surface area (Å²) in [4.78, 5) is 7.60. The molecule has 1 aromatic carbocycles. The lowest BCUT2D eigenvalue weighted by atomic mass is 10.3. The van der Waals surface area contributed by atoms with Crippen LogP contribution in [0.4, 0.5) is 18.9 Å². The minimum Gasteiger partial charge on any atom is -0.481 e. The van der Waals surface area contributed by atoms with Gasteiger partial charge in [0, 0.05) is 5.69 Å². The highest BCUT2D eigenvalue weighted by molar-refractivity contribution is 7.93. The first-order valence-corrected chi connectivity index (χ1v) is 7.42. The predicted octanol–water partition coefficient (Wildman–Crippen LogP) is 2.54. The van der Waals surface area contributed by atoms with Crippen molar-refractivity contribution in [1.82, 2.24) is 9.97 Å². The third kappa shape index (κ3) is 4.22. The second kappa shape index (κ2) is 6.28. The van der Waals surface area contributed by atoms with Gasteiger partial charge in [0.15, 0.2) is 0 Å². The van der Waals surface area contributed by atoms with Crippen molar-refractivity contribution in [2.45, 2.75) is 5.51 Å².